The molecule has 10 heteroatoms. The summed E-state index contributed by atoms with van der Waals surface area (Å²) in [5, 5.41) is 0. The number of piperazine rings is 2. The van der Waals surface area contributed by atoms with Crippen LogP contribution in [0, 0.1) is 0 Å². The minimum Gasteiger partial charge on any atom is -0.353 e. The largest absolute Gasteiger partial charge is 0.417 e. The molecule has 3 aliphatic rings. The maximum Gasteiger partial charge on any atom is 0.417 e. The highest BCUT2D eigenvalue weighted by Gasteiger charge is 2.34. The number of benzene rings is 1. The van der Waals surface area contributed by atoms with E-state index in [4.69, 9.17) is 0 Å². The highest BCUT2D eigenvalue weighted by molar-refractivity contribution is 5.78. The van der Waals surface area contributed by atoms with Crippen molar-refractivity contribution in [2.75, 3.05) is 63.8 Å². The van der Waals surface area contributed by atoms with Crippen LogP contribution < -0.4 is 4.90 Å². The highest BCUT2D eigenvalue weighted by atomic mass is 19.4. The highest BCUT2D eigenvalue weighted by Crippen LogP contribution is 2.36. The van der Waals surface area contributed by atoms with Crippen molar-refractivity contribution in [2.24, 2.45) is 0 Å². The van der Waals surface area contributed by atoms with Crippen molar-refractivity contribution in [3.05, 3.63) is 42.2 Å². The van der Waals surface area contributed by atoms with Crippen LogP contribution in [0.15, 0.2) is 36.7 Å². The third-order valence-electron chi connectivity index (χ3n) is 7.46. The molecule has 2 saturated heterocycles. The number of carbonyl (C=O) groups excluding carboxylic acids is 1. The van der Waals surface area contributed by atoms with Crippen LogP contribution >= 0.6 is 0 Å². The molecule has 7 nitrogen and oxygen atoms in total. The fourth-order valence-corrected chi connectivity index (χ4v) is 5.09. The van der Waals surface area contributed by atoms with E-state index in [0.717, 1.165) is 51.4 Å². The van der Waals surface area contributed by atoms with E-state index in [9.17, 15) is 18.0 Å². The van der Waals surface area contributed by atoms with Crippen LogP contribution in [0.25, 0.3) is 11.3 Å². The molecule has 0 unspecified atom stereocenters. The number of nitrogens with zero attached hydrogens (tertiary/aromatic N) is 6. The molecule has 188 valence electrons. The maximum atomic E-state index is 13.3. The molecule has 1 aromatic heterocycles. The number of aromatic nitrogens is 2. The van der Waals surface area contributed by atoms with Crippen molar-refractivity contribution in [3.63, 3.8) is 0 Å². The second kappa shape index (κ2) is 10.1. The van der Waals surface area contributed by atoms with E-state index in [1.807, 2.05) is 4.90 Å². The van der Waals surface area contributed by atoms with E-state index in [1.54, 1.807) is 6.07 Å². The Morgan fingerprint density at radius 3 is 2.23 bits per heavy atom. The molecule has 0 bridgehead atoms. The number of anilines is 1. The molecule has 0 spiro atoms. The Hall–Kier alpha value is -2.72. The predicted molar refractivity (Wildman–Crippen MR) is 127 cm³/mol. The van der Waals surface area contributed by atoms with Crippen LogP contribution in [0.5, 0.6) is 0 Å². The molecule has 1 amide bonds. The van der Waals surface area contributed by atoms with Gasteiger partial charge in [-0.15, -0.1) is 0 Å². The zero-order valence-electron chi connectivity index (χ0n) is 19.8. The Morgan fingerprint density at radius 2 is 1.63 bits per heavy atom. The third-order valence-corrected chi connectivity index (χ3v) is 7.46. The van der Waals surface area contributed by atoms with E-state index >= 15 is 0 Å². The smallest absolute Gasteiger partial charge is 0.353 e. The van der Waals surface area contributed by atoms with Crippen LogP contribution in [0.1, 0.15) is 24.8 Å². The van der Waals surface area contributed by atoms with Crippen molar-refractivity contribution in [1.82, 2.24) is 24.7 Å². The van der Waals surface area contributed by atoms with Crippen molar-refractivity contribution in [1.29, 1.82) is 0 Å². The second-order valence-electron chi connectivity index (χ2n) is 9.57. The number of hydrogen-bond donors (Lipinski definition) is 0. The Labute approximate surface area is 203 Å². The van der Waals surface area contributed by atoms with Gasteiger partial charge in [0.2, 0.25) is 5.91 Å². The van der Waals surface area contributed by atoms with Crippen LogP contribution in [0.4, 0.5) is 19.0 Å². The first kappa shape index (κ1) is 24.0. The van der Waals surface area contributed by atoms with Gasteiger partial charge in [0.05, 0.1) is 30.2 Å². The van der Waals surface area contributed by atoms with E-state index in [1.165, 1.54) is 43.8 Å². The number of alkyl halides is 3. The monoisotopic (exact) mass is 488 g/mol. The van der Waals surface area contributed by atoms with Gasteiger partial charge < -0.3 is 9.80 Å². The van der Waals surface area contributed by atoms with Gasteiger partial charge in [-0.05, 0) is 18.9 Å². The summed E-state index contributed by atoms with van der Waals surface area (Å²) >= 11 is 0. The van der Waals surface area contributed by atoms with Gasteiger partial charge in [-0.2, -0.15) is 13.2 Å². The molecule has 1 aromatic carbocycles. The SMILES string of the molecule is O=C(CN1CCN(c2cnc(-c3ccccc3C(F)(F)F)cn2)CC1)N1CCN(C2CCC2)CC1. The predicted octanol–water partition coefficient (Wildman–Crippen LogP) is 2.98. The first-order valence-electron chi connectivity index (χ1n) is 12.4. The lowest BCUT2D eigenvalue weighted by atomic mass is 9.91. The number of carbonyl (C=O) groups is 1. The Kier molecular flexibility index (Phi) is 6.93. The summed E-state index contributed by atoms with van der Waals surface area (Å²) in [6.07, 6.45) is 2.41. The van der Waals surface area contributed by atoms with Crippen molar-refractivity contribution < 1.29 is 18.0 Å². The van der Waals surface area contributed by atoms with Gasteiger partial charge in [-0.3, -0.25) is 19.6 Å². The zero-order chi connectivity index (χ0) is 24.4. The molecule has 0 N–H and O–H groups in total. The minimum atomic E-state index is -4.45. The van der Waals surface area contributed by atoms with Crippen molar-refractivity contribution in [2.45, 2.75) is 31.5 Å². The van der Waals surface area contributed by atoms with Gasteiger partial charge in [0.25, 0.3) is 0 Å². The summed E-state index contributed by atoms with van der Waals surface area (Å²) in [4.78, 5) is 30.2. The van der Waals surface area contributed by atoms with Crippen molar-refractivity contribution in [3.8, 4) is 11.3 Å². The lowest BCUT2D eigenvalue weighted by Crippen LogP contribution is -2.56. The molecule has 35 heavy (non-hydrogen) atoms. The molecule has 2 aliphatic heterocycles. The van der Waals surface area contributed by atoms with Crippen LogP contribution in [-0.4, -0.2) is 95.5 Å². The van der Waals surface area contributed by atoms with Gasteiger partial charge in [0, 0.05) is 64.0 Å². The minimum absolute atomic E-state index is 0.0240. The molecule has 0 atom stereocenters. The van der Waals surface area contributed by atoms with Gasteiger partial charge in [0.1, 0.15) is 5.82 Å². The quantitative estimate of drug-likeness (QED) is 0.645. The molecule has 2 aromatic rings. The number of hydrogen-bond acceptors (Lipinski definition) is 6. The molecule has 5 rings (SSSR count). The van der Waals surface area contributed by atoms with Crippen LogP contribution in [0.3, 0.4) is 0 Å². The van der Waals surface area contributed by atoms with E-state index < -0.39 is 11.7 Å². The van der Waals surface area contributed by atoms with Gasteiger partial charge in [-0.25, -0.2) is 4.98 Å². The first-order valence-corrected chi connectivity index (χ1v) is 12.4. The standard InChI is InChI=1S/C25H31F3N6O/c26-25(27,28)21-7-2-1-6-20(21)22-16-30-23(17-29-22)33-10-8-31(9-11-33)18-24(35)34-14-12-32(13-15-34)19-4-3-5-19/h1-2,6-7,16-17,19H,3-5,8-15,18H2. The topological polar surface area (TPSA) is 55.8 Å². The van der Waals surface area contributed by atoms with Crippen LogP contribution in [0.2, 0.25) is 0 Å². The number of rotatable bonds is 5. The Bertz CT molecular complexity index is 1010. The zero-order valence-corrected chi connectivity index (χ0v) is 19.8. The molecule has 1 aliphatic carbocycles. The Balaban J connectivity index is 1.12. The number of halogens is 3. The van der Waals surface area contributed by atoms with Gasteiger partial charge >= 0.3 is 6.18 Å². The molecule has 3 fully saturated rings. The lowest BCUT2D eigenvalue weighted by molar-refractivity contribution is -0.137. The maximum absolute atomic E-state index is 13.3. The first-order chi connectivity index (χ1) is 16.9. The van der Waals surface area contributed by atoms with Crippen LogP contribution in [-0.2, 0) is 11.0 Å². The summed E-state index contributed by atoms with van der Waals surface area (Å²) in [6.45, 7) is 6.85. The van der Waals surface area contributed by atoms with E-state index in [-0.39, 0.29) is 17.2 Å². The molecular weight excluding hydrogens is 457 g/mol. The fraction of sp³-hybridized carbons (Fsp3) is 0.560. The lowest BCUT2D eigenvalue weighted by Gasteiger charge is -2.43. The summed E-state index contributed by atoms with van der Waals surface area (Å²) in [5.74, 6) is 0.829. The normalized spacial score (nSPS) is 20.7. The van der Waals surface area contributed by atoms with E-state index in [0.29, 0.717) is 25.5 Å². The van der Waals surface area contributed by atoms with Crippen molar-refractivity contribution >= 4 is 11.7 Å². The molecule has 0 radical (unpaired) electrons. The average molecular weight is 489 g/mol. The van der Waals surface area contributed by atoms with Gasteiger partial charge in [0.15, 0.2) is 0 Å². The van der Waals surface area contributed by atoms with E-state index in [2.05, 4.69) is 24.7 Å². The average Bonchev–Trinajstić information content (AvgIpc) is 2.83. The second-order valence-corrected chi connectivity index (χ2v) is 9.57. The third kappa shape index (κ3) is 5.43. The summed E-state index contributed by atoms with van der Waals surface area (Å²) < 4.78 is 40.0. The summed E-state index contributed by atoms with van der Waals surface area (Å²) in [5.41, 5.74) is -0.496. The molecular formula is C25H31F3N6O. The Morgan fingerprint density at radius 1 is 0.914 bits per heavy atom. The number of amides is 1. The summed E-state index contributed by atoms with van der Waals surface area (Å²) in [6, 6.07) is 6.13. The molecule has 3 heterocycles. The summed E-state index contributed by atoms with van der Waals surface area (Å²) in [7, 11) is 0. The fourth-order valence-electron chi connectivity index (χ4n) is 5.09. The van der Waals surface area contributed by atoms with Gasteiger partial charge in [-0.1, -0.05) is 24.6 Å². The molecule has 1 saturated carbocycles.